The van der Waals surface area contributed by atoms with Crippen LogP contribution in [0.4, 0.5) is 0 Å². The Bertz CT molecular complexity index is 366. The van der Waals surface area contributed by atoms with Crippen LogP contribution in [0.15, 0.2) is 48.1 Å². The molecule has 5 heteroatoms. The van der Waals surface area contributed by atoms with Crippen LogP contribution in [0, 0.1) is 6.08 Å². The Hall–Kier alpha value is 0.0843. The van der Waals surface area contributed by atoms with Crippen LogP contribution in [-0.2, 0) is 21.7 Å². The van der Waals surface area contributed by atoms with Crippen LogP contribution in [0.25, 0.3) is 0 Å². The summed E-state index contributed by atoms with van der Waals surface area (Å²) in [6, 6.07) is 9.87. The Labute approximate surface area is 142 Å². The van der Waals surface area contributed by atoms with Crippen molar-refractivity contribution in [3.63, 3.8) is 0 Å². The predicted molar refractivity (Wildman–Crippen MR) is 78.8 cm³/mol. The van der Waals surface area contributed by atoms with Crippen molar-refractivity contribution in [1.82, 2.24) is 0 Å². The second kappa shape index (κ2) is 12.1. The maximum Gasteiger partial charge on any atom is 0.120 e. The molecule has 0 heterocycles. The summed E-state index contributed by atoms with van der Waals surface area (Å²) in [6.07, 6.45) is 8.44. The molecule has 0 amide bonds. The van der Waals surface area contributed by atoms with Gasteiger partial charge < -0.3 is 4.74 Å². The fraction of sp³-hybridized carbons (Fsp3) is 0.231. The maximum absolute atomic E-state index is 5.75. The molecule has 0 saturated carbocycles. The molecule has 1 aromatic carbocycles. The van der Waals surface area contributed by atoms with Crippen molar-refractivity contribution < 1.29 is 26.5 Å². The summed E-state index contributed by atoms with van der Waals surface area (Å²) in [5.41, 5.74) is 1.15. The third kappa shape index (κ3) is 6.87. The molecule has 0 radical (unpaired) electrons. The number of rotatable bonds is 3. The molecular formula is C13H16Cl3OTi-. The molecule has 18 heavy (non-hydrogen) atoms. The number of halogens is 3. The minimum absolute atomic E-state index is 0. The first-order chi connectivity index (χ1) is 6.86. The average molecular weight is 342 g/mol. The summed E-state index contributed by atoms with van der Waals surface area (Å²) in [5.74, 6) is 0.912. The van der Waals surface area contributed by atoms with Gasteiger partial charge in [0.05, 0.1) is 6.10 Å². The maximum atomic E-state index is 5.75. The fourth-order valence-electron chi connectivity index (χ4n) is 1.47. The minimum atomic E-state index is 0. The van der Waals surface area contributed by atoms with Gasteiger partial charge in [0.1, 0.15) is 5.75 Å². The summed E-state index contributed by atoms with van der Waals surface area (Å²) < 4.78 is 5.75. The number of hydrogen-bond acceptors (Lipinski definition) is 1. The molecule has 0 aromatic heterocycles. The van der Waals surface area contributed by atoms with Crippen LogP contribution in [0.3, 0.4) is 0 Å². The predicted octanol–water partition coefficient (Wildman–Crippen LogP) is 4.41. The fourth-order valence-corrected chi connectivity index (χ4v) is 1.47. The Morgan fingerprint density at radius 3 is 2.22 bits per heavy atom. The van der Waals surface area contributed by atoms with Gasteiger partial charge in [0.25, 0.3) is 0 Å². The summed E-state index contributed by atoms with van der Waals surface area (Å²) in [6.45, 7) is 2.05. The van der Waals surface area contributed by atoms with Crippen molar-refractivity contribution in [1.29, 1.82) is 0 Å². The first-order valence-corrected chi connectivity index (χ1v) is 4.85. The van der Waals surface area contributed by atoms with E-state index in [9.17, 15) is 0 Å². The number of allylic oxidation sites excluding steroid dienone is 2. The first-order valence-electron chi connectivity index (χ1n) is 4.85. The van der Waals surface area contributed by atoms with Crippen molar-refractivity contribution >= 4 is 37.2 Å². The number of hydrogen-bond donors (Lipinski definition) is 0. The zero-order chi connectivity index (χ0) is 9.80. The third-order valence-corrected chi connectivity index (χ3v) is 2.22. The normalized spacial score (nSPS) is 12.8. The van der Waals surface area contributed by atoms with E-state index in [1.54, 1.807) is 0 Å². The minimum Gasteiger partial charge on any atom is -0.489 e. The second-order valence-electron chi connectivity index (χ2n) is 3.31. The van der Waals surface area contributed by atoms with E-state index in [0.717, 1.165) is 17.7 Å². The molecule has 0 N–H and O–H groups in total. The Kier molecular flexibility index (Phi) is 15.6. The summed E-state index contributed by atoms with van der Waals surface area (Å²) in [4.78, 5) is 0. The molecule has 1 nitrogen and oxygen atoms in total. The van der Waals surface area contributed by atoms with E-state index in [2.05, 4.69) is 18.2 Å². The molecule has 1 unspecified atom stereocenters. The standard InChI is InChI=1S/C13H13O.3ClH.Ti/c1-11(12-7-5-6-8-12)14-13-9-3-2-4-10-13;;;;/h2-5,7,9-11H,6H2,1H3;3*1H;/q-1;;;;. The molecule has 1 aromatic rings. The molecular weight excluding hydrogens is 326 g/mol. The van der Waals surface area contributed by atoms with Gasteiger partial charge in [-0.15, -0.1) is 43.6 Å². The van der Waals surface area contributed by atoms with Crippen LogP contribution < -0.4 is 4.74 Å². The van der Waals surface area contributed by atoms with Gasteiger partial charge in [0.2, 0.25) is 0 Å². The largest absolute Gasteiger partial charge is 0.489 e. The molecule has 0 saturated heterocycles. The van der Waals surface area contributed by atoms with Gasteiger partial charge in [-0.2, -0.15) is 11.6 Å². The number of ether oxygens (including phenoxy) is 1. The summed E-state index contributed by atoms with van der Waals surface area (Å²) in [5, 5.41) is 0. The van der Waals surface area contributed by atoms with Crippen molar-refractivity contribution in [2.75, 3.05) is 0 Å². The monoisotopic (exact) mass is 341 g/mol. The zero-order valence-corrected chi connectivity index (χ0v) is 14.0. The van der Waals surface area contributed by atoms with Crippen molar-refractivity contribution in [3.05, 3.63) is 54.1 Å². The molecule has 0 aliphatic heterocycles. The molecule has 1 atom stereocenters. The Morgan fingerprint density at radius 1 is 1.11 bits per heavy atom. The van der Waals surface area contributed by atoms with Crippen molar-refractivity contribution in [2.45, 2.75) is 19.4 Å². The van der Waals surface area contributed by atoms with E-state index >= 15 is 0 Å². The van der Waals surface area contributed by atoms with E-state index in [1.807, 2.05) is 37.3 Å². The van der Waals surface area contributed by atoms with E-state index in [-0.39, 0.29) is 65.0 Å². The Morgan fingerprint density at radius 2 is 1.72 bits per heavy atom. The molecule has 0 bridgehead atoms. The van der Waals surface area contributed by atoms with Gasteiger partial charge in [-0.1, -0.05) is 18.2 Å². The van der Waals surface area contributed by atoms with Crippen molar-refractivity contribution in [3.8, 4) is 5.75 Å². The number of para-hydroxylation sites is 1. The molecule has 0 fully saturated rings. The smallest absolute Gasteiger partial charge is 0.120 e. The van der Waals surface area contributed by atoms with Gasteiger partial charge in [-0.3, -0.25) is 6.08 Å². The van der Waals surface area contributed by atoms with Gasteiger partial charge in [0, 0.05) is 21.7 Å². The van der Waals surface area contributed by atoms with Crippen LogP contribution in [0.5, 0.6) is 5.75 Å². The third-order valence-electron chi connectivity index (χ3n) is 2.22. The van der Waals surface area contributed by atoms with Crippen LogP contribution in [0.2, 0.25) is 0 Å². The Balaban J connectivity index is -0.000000562. The second-order valence-corrected chi connectivity index (χ2v) is 3.31. The van der Waals surface area contributed by atoms with Crippen molar-refractivity contribution in [2.24, 2.45) is 0 Å². The van der Waals surface area contributed by atoms with Gasteiger partial charge in [-0.05, 0) is 19.1 Å². The van der Waals surface area contributed by atoms with Crippen LogP contribution >= 0.6 is 37.2 Å². The SMILES string of the molecule is CC(Oc1ccccc1)C1=[C-]CC=C1.Cl.Cl.Cl.[Ti]. The molecule has 100 valence electrons. The molecule has 1 aliphatic carbocycles. The van der Waals surface area contributed by atoms with E-state index in [0.29, 0.717) is 0 Å². The molecule has 1 aliphatic rings. The van der Waals surface area contributed by atoms with E-state index in [4.69, 9.17) is 4.74 Å². The zero-order valence-electron chi connectivity index (χ0n) is 9.96. The quantitative estimate of drug-likeness (QED) is 0.584. The number of benzene rings is 1. The molecule has 0 spiro atoms. The van der Waals surface area contributed by atoms with Crippen LogP contribution in [0.1, 0.15) is 13.3 Å². The van der Waals surface area contributed by atoms with Gasteiger partial charge in [0.15, 0.2) is 0 Å². The summed E-state index contributed by atoms with van der Waals surface area (Å²) in [7, 11) is 0. The van der Waals surface area contributed by atoms with Gasteiger partial charge in [-0.25, -0.2) is 6.08 Å². The van der Waals surface area contributed by atoms with Crippen LogP contribution in [-0.4, -0.2) is 6.10 Å². The summed E-state index contributed by atoms with van der Waals surface area (Å²) >= 11 is 0. The average Bonchev–Trinajstić information content (AvgIpc) is 2.72. The van der Waals surface area contributed by atoms with Gasteiger partial charge >= 0.3 is 0 Å². The molecule has 2 rings (SSSR count). The topological polar surface area (TPSA) is 9.23 Å². The van der Waals surface area contributed by atoms with E-state index < -0.39 is 0 Å². The van der Waals surface area contributed by atoms with E-state index in [1.165, 1.54) is 0 Å². The first kappa shape index (κ1) is 23.2.